The van der Waals surface area contributed by atoms with Gasteiger partial charge in [0.25, 0.3) is 0 Å². The van der Waals surface area contributed by atoms with E-state index in [-0.39, 0.29) is 18.3 Å². The first-order valence-corrected chi connectivity index (χ1v) is 13.4. The number of aliphatic hydroxyl groups excluding tert-OH is 2. The van der Waals surface area contributed by atoms with Crippen LogP contribution in [0.25, 0.3) is 0 Å². The lowest BCUT2D eigenvalue weighted by molar-refractivity contribution is -0.0212. The number of phosphoric acid groups is 1. The van der Waals surface area contributed by atoms with Crippen LogP contribution in [0.15, 0.2) is 6.33 Å². The van der Waals surface area contributed by atoms with Crippen LogP contribution in [0.3, 0.4) is 0 Å². The minimum Gasteiger partial charge on any atom is -0.387 e. The Morgan fingerprint density at radius 2 is 1.87 bits per heavy atom. The number of hydrogen-bond donors (Lipinski definition) is 8. The van der Waals surface area contributed by atoms with Crippen LogP contribution >= 0.6 is 23.0 Å². The SMILES string of the molecule is Nc1ncnc2c1NCN2[C@@H]1O[C@H](COP(=O)(O)OP(=O)(O)CP(=O)(O)O)[C@@H](O)[C@H]1O. The van der Waals surface area contributed by atoms with Gasteiger partial charge >= 0.3 is 23.0 Å². The summed E-state index contributed by atoms with van der Waals surface area (Å²) in [6.07, 6.45) is -4.51. The van der Waals surface area contributed by atoms with Crippen molar-refractivity contribution in [2.75, 3.05) is 35.1 Å². The van der Waals surface area contributed by atoms with Crippen molar-refractivity contribution in [3.63, 3.8) is 0 Å². The van der Waals surface area contributed by atoms with Gasteiger partial charge in [0.15, 0.2) is 23.8 Å². The van der Waals surface area contributed by atoms with Crippen molar-refractivity contribution in [1.82, 2.24) is 9.97 Å². The molecular formula is C11H20N5O12P3. The second-order valence-corrected chi connectivity index (χ2v) is 12.2. The van der Waals surface area contributed by atoms with Crippen LogP contribution in [0.1, 0.15) is 0 Å². The summed E-state index contributed by atoms with van der Waals surface area (Å²) in [4.78, 5) is 45.6. The van der Waals surface area contributed by atoms with Gasteiger partial charge in [-0.3, -0.25) is 13.7 Å². The zero-order valence-corrected chi connectivity index (χ0v) is 18.1. The number of aromatic nitrogens is 2. The summed E-state index contributed by atoms with van der Waals surface area (Å²) in [5.41, 5.74) is 6.11. The summed E-state index contributed by atoms with van der Waals surface area (Å²) >= 11 is 0. The maximum atomic E-state index is 11.9. The van der Waals surface area contributed by atoms with Gasteiger partial charge in [-0.25, -0.2) is 18.8 Å². The maximum Gasteiger partial charge on any atom is 0.479 e. The standard InChI is InChI=1S/C11H20N5O12P3/c12-9-6-10(14-2-13-9)16(3-15-6)11-8(18)7(17)5(27-11)1-26-31(24,25)28-30(22,23)4-29(19,20)21/h2,5,7-8,11,15,17-18H,1,3-4H2,(H,22,23)(H,24,25)(H2,12,13,14)(H2,19,20,21)/t5-,7-,8-,11-/m1/s1. The predicted octanol–water partition coefficient (Wildman–Crippen LogP) is -1.85. The highest BCUT2D eigenvalue weighted by Crippen LogP contribution is 2.65. The zero-order chi connectivity index (χ0) is 23.2. The summed E-state index contributed by atoms with van der Waals surface area (Å²) < 4.78 is 48.3. The molecule has 2 aliphatic heterocycles. The minimum atomic E-state index is -5.30. The Bertz CT molecular complexity index is 975. The summed E-state index contributed by atoms with van der Waals surface area (Å²) in [5.74, 6) is -1.29. The van der Waals surface area contributed by atoms with Crippen molar-refractivity contribution in [2.45, 2.75) is 24.5 Å². The topological polar surface area (TPSA) is 267 Å². The van der Waals surface area contributed by atoms with Gasteiger partial charge in [0.1, 0.15) is 30.3 Å². The highest BCUT2D eigenvalue weighted by atomic mass is 31.3. The first-order chi connectivity index (χ1) is 14.2. The van der Waals surface area contributed by atoms with Gasteiger partial charge < -0.3 is 50.5 Å². The van der Waals surface area contributed by atoms with Crippen molar-refractivity contribution in [1.29, 1.82) is 0 Å². The van der Waals surface area contributed by atoms with Crippen LogP contribution in [-0.4, -0.2) is 83.5 Å². The van der Waals surface area contributed by atoms with Gasteiger partial charge in [0.2, 0.25) is 0 Å². The fourth-order valence-corrected chi connectivity index (χ4v) is 7.31. The number of nitrogen functional groups attached to an aromatic ring is 1. The molecule has 17 nitrogen and oxygen atoms in total. The van der Waals surface area contributed by atoms with E-state index in [1.54, 1.807) is 0 Å². The van der Waals surface area contributed by atoms with Crippen LogP contribution in [0.2, 0.25) is 0 Å². The number of nitrogens with two attached hydrogens (primary N) is 1. The fourth-order valence-electron chi connectivity index (χ4n) is 2.96. The molecule has 3 rings (SSSR count). The van der Waals surface area contributed by atoms with Gasteiger partial charge in [-0.2, -0.15) is 0 Å². The molecule has 1 saturated heterocycles. The molecule has 0 radical (unpaired) electrons. The Morgan fingerprint density at radius 3 is 2.52 bits per heavy atom. The number of nitrogens with zero attached hydrogens (tertiary/aromatic N) is 3. The lowest BCUT2D eigenvalue weighted by atomic mass is 10.1. The molecule has 1 fully saturated rings. The average molecular weight is 507 g/mol. The van der Waals surface area contributed by atoms with Crippen LogP contribution < -0.4 is 16.0 Å². The molecule has 0 bridgehead atoms. The molecule has 176 valence electrons. The summed E-state index contributed by atoms with van der Waals surface area (Å²) in [6, 6.07) is 0. The second-order valence-electron chi connectivity index (χ2n) is 6.60. The number of ether oxygens (including phenoxy) is 1. The smallest absolute Gasteiger partial charge is 0.387 e. The molecule has 6 atom stereocenters. The number of aliphatic hydroxyl groups is 2. The molecule has 0 spiro atoms. The van der Waals surface area contributed by atoms with Crippen molar-refractivity contribution < 1.29 is 57.1 Å². The predicted molar refractivity (Wildman–Crippen MR) is 102 cm³/mol. The Hall–Kier alpha value is -1.19. The van der Waals surface area contributed by atoms with Crippen molar-refractivity contribution in [3.05, 3.63) is 6.33 Å². The normalized spacial score (nSPS) is 29.8. The van der Waals surface area contributed by atoms with E-state index in [1.165, 1.54) is 11.2 Å². The third-order valence-electron chi connectivity index (χ3n) is 4.19. The van der Waals surface area contributed by atoms with Crippen molar-refractivity contribution in [2.24, 2.45) is 0 Å². The van der Waals surface area contributed by atoms with Crippen molar-refractivity contribution in [3.8, 4) is 0 Å². The van der Waals surface area contributed by atoms with Crippen LogP contribution in [0.4, 0.5) is 17.3 Å². The zero-order valence-electron chi connectivity index (χ0n) is 15.4. The average Bonchev–Trinajstić information content (AvgIpc) is 3.13. The van der Waals surface area contributed by atoms with Gasteiger partial charge in [-0.1, -0.05) is 0 Å². The van der Waals surface area contributed by atoms with Crippen LogP contribution in [-0.2, 0) is 27.3 Å². The maximum absolute atomic E-state index is 11.9. The van der Waals surface area contributed by atoms with Gasteiger partial charge in [0.05, 0.1) is 13.3 Å². The van der Waals surface area contributed by atoms with Gasteiger partial charge in [0, 0.05) is 0 Å². The third-order valence-corrected chi connectivity index (χ3v) is 9.42. The molecule has 3 heterocycles. The highest BCUT2D eigenvalue weighted by Gasteiger charge is 2.49. The van der Waals surface area contributed by atoms with Gasteiger partial charge in [-0.15, -0.1) is 0 Å². The number of anilines is 3. The van der Waals surface area contributed by atoms with E-state index in [1.807, 2.05) is 0 Å². The van der Waals surface area contributed by atoms with Gasteiger partial charge in [-0.05, 0) is 0 Å². The molecule has 31 heavy (non-hydrogen) atoms. The molecule has 2 aliphatic rings. The van der Waals surface area contributed by atoms with E-state index >= 15 is 0 Å². The first-order valence-electron chi connectivity index (χ1n) is 8.37. The minimum absolute atomic E-state index is 0.0813. The number of fused-ring (bicyclic) bond motifs is 1. The molecule has 0 aromatic carbocycles. The second kappa shape index (κ2) is 8.63. The number of nitrogens with one attached hydrogen (secondary N) is 1. The molecule has 20 heteroatoms. The fraction of sp³-hybridized carbons (Fsp3) is 0.636. The molecule has 0 aliphatic carbocycles. The lowest BCUT2D eigenvalue weighted by Crippen LogP contribution is -2.44. The number of hydrogen-bond acceptors (Lipinski definition) is 13. The van der Waals surface area contributed by atoms with Crippen molar-refractivity contribution >= 4 is 40.3 Å². The monoisotopic (exact) mass is 507 g/mol. The Kier molecular flexibility index (Phi) is 6.81. The van der Waals surface area contributed by atoms with E-state index in [2.05, 4.69) is 24.1 Å². The summed E-state index contributed by atoms with van der Waals surface area (Å²) in [6.45, 7) is -0.795. The molecule has 2 unspecified atom stereocenters. The third kappa shape index (κ3) is 5.79. The Morgan fingerprint density at radius 1 is 1.19 bits per heavy atom. The van der Waals surface area contributed by atoms with E-state index < -0.39 is 60.1 Å². The Labute approximate surface area is 174 Å². The number of rotatable bonds is 8. The molecular weight excluding hydrogens is 487 g/mol. The summed E-state index contributed by atoms with van der Waals surface area (Å²) in [5, 5.41) is 23.4. The lowest BCUT2D eigenvalue weighted by Gasteiger charge is -2.26. The quantitative estimate of drug-likeness (QED) is 0.179. The highest BCUT2D eigenvalue weighted by molar-refractivity contribution is 7.73. The molecule has 0 amide bonds. The van der Waals surface area contributed by atoms with E-state index in [9.17, 15) is 33.7 Å². The van der Waals surface area contributed by atoms with Crippen LogP contribution in [0.5, 0.6) is 0 Å². The molecule has 0 saturated carbocycles. The molecule has 9 N–H and O–H groups in total. The van der Waals surface area contributed by atoms with E-state index in [4.69, 9.17) is 20.3 Å². The van der Waals surface area contributed by atoms with E-state index in [0.717, 1.165) is 0 Å². The van der Waals surface area contributed by atoms with E-state index in [0.29, 0.717) is 5.69 Å². The number of phosphoric ester groups is 1. The first kappa shape index (κ1) is 24.5. The molecule has 1 aromatic rings. The Balaban J connectivity index is 1.64. The van der Waals surface area contributed by atoms with Crippen LogP contribution in [0, 0.1) is 0 Å². The largest absolute Gasteiger partial charge is 0.479 e. The summed E-state index contributed by atoms with van der Waals surface area (Å²) in [7, 11) is -15.5. The molecule has 1 aromatic heterocycles.